The summed E-state index contributed by atoms with van der Waals surface area (Å²) in [4.78, 5) is 56.1. The third kappa shape index (κ3) is 12.7. The molecule has 280 valence electrons. The van der Waals surface area contributed by atoms with Crippen LogP contribution in [0.25, 0.3) is 0 Å². The lowest BCUT2D eigenvalue weighted by Gasteiger charge is -2.39. The Kier molecular flexibility index (Phi) is 15.8. The molecule has 13 heteroatoms. The Bertz CT molecular complexity index is 1530. The number of amides is 3. The number of nitrogens with zero attached hydrogens (tertiary/aromatic N) is 5. The lowest BCUT2D eigenvalue weighted by molar-refractivity contribution is -0.145. The third-order valence-corrected chi connectivity index (χ3v) is 11.5. The molecular formula is C38H56N6O5S2. The zero-order chi connectivity index (χ0) is 36.9. The second-order valence-electron chi connectivity index (χ2n) is 14.4. The summed E-state index contributed by atoms with van der Waals surface area (Å²) < 4.78 is 0. The van der Waals surface area contributed by atoms with E-state index in [1.165, 1.54) is 34.0 Å². The fourth-order valence-electron chi connectivity index (χ4n) is 6.78. The molecule has 0 bridgehead atoms. The van der Waals surface area contributed by atoms with E-state index in [1.807, 2.05) is 50.4 Å². The minimum absolute atomic E-state index is 0.106. The Morgan fingerprint density at radius 3 is 2.35 bits per heavy atom. The molecule has 11 nitrogen and oxygen atoms in total. The molecule has 4 rings (SSSR count). The molecule has 3 aromatic heterocycles. The highest BCUT2D eigenvalue weighted by molar-refractivity contribution is 7.13. The van der Waals surface area contributed by atoms with Crippen molar-refractivity contribution in [2.45, 2.75) is 116 Å². The lowest BCUT2D eigenvalue weighted by atomic mass is 9.81. The average Bonchev–Trinajstić information content (AvgIpc) is 3.73. The lowest BCUT2D eigenvalue weighted by Crippen LogP contribution is -2.52. The second kappa shape index (κ2) is 20.0. The number of carbonyl (C=O) groups excluding carboxylic acids is 3. The Balaban J connectivity index is 1.52. The van der Waals surface area contributed by atoms with Crippen LogP contribution in [0.1, 0.15) is 93.5 Å². The van der Waals surface area contributed by atoms with Gasteiger partial charge in [-0.05, 0) is 60.7 Å². The van der Waals surface area contributed by atoms with E-state index in [4.69, 9.17) is 5.73 Å². The molecule has 0 unspecified atom stereocenters. The zero-order valence-corrected chi connectivity index (χ0v) is 32.2. The predicted octanol–water partition coefficient (Wildman–Crippen LogP) is 5.44. The van der Waals surface area contributed by atoms with Crippen molar-refractivity contribution < 1.29 is 24.6 Å². The van der Waals surface area contributed by atoms with Crippen molar-refractivity contribution >= 4 is 45.5 Å². The molecule has 3 aromatic rings. The van der Waals surface area contributed by atoms with Gasteiger partial charge in [-0.1, -0.05) is 52.0 Å². The predicted molar refractivity (Wildman–Crippen MR) is 203 cm³/mol. The maximum absolute atomic E-state index is 14.3. The van der Waals surface area contributed by atoms with Crippen LogP contribution in [-0.2, 0) is 33.9 Å². The van der Waals surface area contributed by atoms with Gasteiger partial charge in [0.05, 0.1) is 30.9 Å². The molecule has 3 amide bonds. The Morgan fingerprint density at radius 2 is 1.73 bits per heavy atom. The first-order chi connectivity index (χ1) is 24.4. The summed E-state index contributed by atoms with van der Waals surface area (Å²) in [5, 5.41) is 26.9. The number of thiazole rings is 1. The summed E-state index contributed by atoms with van der Waals surface area (Å²) in [5.41, 5.74) is 8.48. The van der Waals surface area contributed by atoms with Gasteiger partial charge in [0.2, 0.25) is 17.7 Å². The average molecular weight is 741 g/mol. The molecular weight excluding hydrogens is 685 g/mol. The van der Waals surface area contributed by atoms with Crippen molar-refractivity contribution in [2.75, 3.05) is 25.9 Å². The highest BCUT2D eigenvalue weighted by Gasteiger charge is 2.37. The SMILES string of the molecule is Cc1ccsc1CN(CC(=O)N(C)CCc1ccccn1)C(=O)CCC(=O)N(Cc1csc(N)n1)[C@@H](CC1CCCCC1)[C@@H](O)[C@@H](O)CC(C)C. The van der Waals surface area contributed by atoms with Gasteiger partial charge in [-0.3, -0.25) is 19.4 Å². The van der Waals surface area contributed by atoms with Crippen molar-refractivity contribution in [3.63, 3.8) is 0 Å². The van der Waals surface area contributed by atoms with Crippen molar-refractivity contribution in [1.29, 1.82) is 0 Å². The van der Waals surface area contributed by atoms with E-state index in [0.29, 0.717) is 42.6 Å². The van der Waals surface area contributed by atoms with Gasteiger partial charge in [0.25, 0.3) is 0 Å². The molecule has 3 atom stereocenters. The van der Waals surface area contributed by atoms with Gasteiger partial charge in [-0.25, -0.2) is 4.98 Å². The maximum Gasteiger partial charge on any atom is 0.241 e. The number of carbonyl (C=O) groups is 3. The molecule has 3 heterocycles. The number of pyridine rings is 1. The number of rotatable bonds is 19. The number of aryl methyl sites for hydroxylation is 1. The van der Waals surface area contributed by atoms with Crippen LogP contribution in [0.15, 0.2) is 41.2 Å². The number of aromatic nitrogens is 2. The number of aliphatic hydroxyl groups is 2. The Labute approximate surface area is 310 Å². The van der Waals surface area contributed by atoms with Crippen LogP contribution >= 0.6 is 22.7 Å². The fourth-order valence-corrected chi connectivity index (χ4v) is 8.25. The van der Waals surface area contributed by atoms with Crippen molar-refractivity contribution in [3.8, 4) is 0 Å². The van der Waals surface area contributed by atoms with Crippen LogP contribution in [0, 0.1) is 18.8 Å². The Morgan fingerprint density at radius 1 is 0.980 bits per heavy atom. The molecule has 0 radical (unpaired) electrons. The van der Waals surface area contributed by atoms with E-state index in [-0.39, 0.29) is 56.1 Å². The summed E-state index contributed by atoms with van der Waals surface area (Å²) >= 11 is 2.81. The monoisotopic (exact) mass is 740 g/mol. The quantitative estimate of drug-likeness (QED) is 0.147. The molecule has 0 spiro atoms. The zero-order valence-electron chi connectivity index (χ0n) is 30.6. The van der Waals surface area contributed by atoms with Gasteiger partial charge in [-0.2, -0.15) is 0 Å². The van der Waals surface area contributed by atoms with Crippen molar-refractivity contribution in [3.05, 3.63) is 63.1 Å². The summed E-state index contributed by atoms with van der Waals surface area (Å²) in [7, 11) is 1.72. The van der Waals surface area contributed by atoms with Gasteiger partial charge < -0.3 is 30.6 Å². The maximum atomic E-state index is 14.3. The first-order valence-corrected chi connectivity index (χ1v) is 20.0. The molecule has 1 fully saturated rings. The van der Waals surface area contributed by atoms with Gasteiger partial charge in [0.1, 0.15) is 12.6 Å². The Hall–Kier alpha value is -3.39. The number of nitrogen functional groups attached to an aromatic ring is 1. The van der Waals surface area contributed by atoms with E-state index in [1.54, 1.807) is 28.4 Å². The molecule has 1 aliphatic carbocycles. The highest BCUT2D eigenvalue weighted by atomic mass is 32.1. The van der Waals surface area contributed by atoms with Crippen LogP contribution in [0.4, 0.5) is 5.13 Å². The first-order valence-electron chi connectivity index (χ1n) is 18.2. The van der Waals surface area contributed by atoms with Gasteiger partial charge in [0, 0.05) is 55.0 Å². The largest absolute Gasteiger partial charge is 0.390 e. The van der Waals surface area contributed by atoms with Gasteiger partial charge >= 0.3 is 0 Å². The molecule has 1 aliphatic rings. The second-order valence-corrected chi connectivity index (χ2v) is 16.2. The fraction of sp³-hybridized carbons (Fsp3) is 0.605. The van der Waals surface area contributed by atoms with E-state index in [9.17, 15) is 24.6 Å². The number of anilines is 1. The number of nitrogens with two attached hydrogens (primary N) is 1. The van der Waals surface area contributed by atoms with E-state index in [0.717, 1.165) is 41.8 Å². The van der Waals surface area contributed by atoms with Gasteiger partial charge in [0.15, 0.2) is 5.13 Å². The van der Waals surface area contributed by atoms with Crippen molar-refractivity contribution in [1.82, 2.24) is 24.7 Å². The molecule has 0 saturated heterocycles. The van der Waals surface area contributed by atoms with Crippen molar-refractivity contribution in [2.24, 2.45) is 11.8 Å². The minimum atomic E-state index is -1.16. The number of hydrogen-bond acceptors (Lipinski definition) is 10. The number of thiophene rings is 1. The molecule has 0 aliphatic heterocycles. The summed E-state index contributed by atoms with van der Waals surface area (Å²) in [6, 6.07) is 7.01. The van der Waals surface area contributed by atoms with Crippen LogP contribution < -0.4 is 5.73 Å². The summed E-state index contributed by atoms with van der Waals surface area (Å²) in [6.07, 6.45) is 6.26. The summed E-state index contributed by atoms with van der Waals surface area (Å²) in [6.45, 7) is 6.68. The van der Waals surface area contributed by atoms with Gasteiger partial charge in [-0.15, -0.1) is 22.7 Å². The molecule has 51 heavy (non-hydrogen) atoms. The van der Waals surface area contributed by atoms with Crippen LogP contribution in [-0.4, -0.2) is 91.0 Å². The van der Waals surface area contributed by atoms with E-state index >= 15 is 0 Å². The standard InChI is InChI=1S/C38H56N6O5S2/c1-26(2)20-32(45)37(49)31(21-28-10-6-5-7-11-28)44(22-30-25-51-38(39)41-30)35(47)14-13-34(46)43(23-33-27(3)16-19-50-33)24-36(48)42(4)18-15-29-12-8-9-17-40-29/h8-9,12,16-17,19,25-26,28,31-32,37,45,49H,5-7,10-11,13-15,18,20-24H2,1-4H3,(H2,39,41)/t31-,32-,37+/m0/s1. The molecule has 1 saturated carbocycles. The van der Waals surface area contributed by atoms with Crippen LogP contribution in [0.5, 0.6) is 0 Å². The van der Waals surface area contributed by atoms with Crippen LogP contribution in [0.3, 0.4) is 0 Å². The smallest absolute Gasteiger partial charge is 0.241 e. The number of aliphatic hydroxyl groups excluding tert-OH is 2. The first kappa shape index (κ1) is 40.4. The van der Waals surface area contributed by atoms with Crippen LogP contribution in [0.2, 0.25) is 0 Å². The topological polar surface area (TPSA) is 153 Å². The minimum Gasteiger partial charge on any atom is -0.390 e. The highest BCUT2D eigenvalue weighted by Crippen LogP contribution is 2.32. The van der Waals surface area contributed by atoms with E-state index in [2.05, 4.69) is 9.97 Å². The van der Waals surface area contributed by atoms with E-state index < -0.39 is 18.2 Å². The normalized spacial score (nSPS) is 15.4. The number of hydrogen-bond donors (Lipinski definition) is 3. The molecule has 4 N–H and O–H groups in total. The molecule has 0 aromatic carbocycles. The number of likely N-dealkylation sites (N-methyl/N-ethyl adjacent to an activating group) is 1. The third-order valence-electron chi connectivity index (χ3n) is 9.81. The summed E-state index contributed by atoms with van der Waals surface area (Å²) in [5.74, 6) is -0.341.